The Labute approximate surface area is 205 Å². The third kappa shape index (κ3) is 4.49. The van der Waals surface area contributed by atoms with Crippen molar-refractivity contribution in [1.29, 1.82) is 0 Å². The molecule has 35 heavy (non-hydrogen) atoms. The highest BCUT2D eigenvalue weighted by molar-refractivity contribution is 5.96. The van der Waals surface area contributed by atoms with Crippen molar-refractivity contribution in [3.05, 3.63) is 47.5 Å². The Morgan fingerprint density at radius 2 is 1.66 bits per heavy atom. The highest BCUT2D eigenvalue weighted by atomic mass is 16.7. The summed E-state index contributed by atoms with van der Waals surface area (Å²) in [7, 11) is 3.14. The zero-order valence-corrected chi connectivity index (χ0v) is 20.5. The predicted octanol–water partition coefficient (Wildman–Crippen LogP) is 3.92. The van der Waals surface area contributed by atoms with E-state index < -0.39 is 6.04 Å². The standard InChI is InChI=1S/C27H32N2O6/c1-17-4-8-20(9-5-17)28-15-25(30)29(14-18-6-10-22-24(12-18)35-16-34-22)26(27(28)31)19-7-11-21(32-2)23(13-19)33-3/h6-7,10-13,17,20,26H,4-5,8-9,14-16H2,1-3H3/t17?,20?,26-/m0/s1. The second-order valence-electron chi connectivity index (χ2n) is 9.61. The molecule has 0 unspecified atom stereocenters. The van der Waals surface area contributed by atoms with Crippen LogP contribution in [0.2, 0.25) is 0 Å². The molecule has 0 spiro atoms. The Hall–Kier alpha value is -3.42. The molecule has 8 nitrogen and oxygen atoms in total. The summed E-state index contributed by atoms with van der Waals surface area (Å²) in [5, 5.41) is 0. The number of fused-ring (bicyclic) bond motifs is 1. The fourth-order valence-electron chi connectivity index (χ4n) is 5.37. The number of benzene rings is 2. The average molecular weight is 481 g/mol. The van der Waals surface area contributed by atoms with Gasteiger partial charge in [-0.3, -0.25) is 9.59 Å². The van der Waals surface area contributed by atoms with Gasteiger partial charge in [0.25, 0.3) is 5.91 Å². The van der Waals surface area contributed by atoms with Crippen molar-refractivity contribution in [2.75, 3.05) is 27.6 Å². The molecule has 2 heterocycles. The van der Waals surface area contributed by atoms with E-state index in [-0.39, 0.29) is 37.7 Å². The molecule has 2 aromatic rings. The lowest BCUT2D eigenvalue weighted by atomic mass is 9.85. The van der Waals surface area contributed by atoms with E-state index in [4.69, 9.17) is 18.9 Å². The highest BCUT2D eigenvalue weighted by Crippen LogP contribution is 2.39. The van der Waals surface area contributed by atoms with Gasteiger partial charge in [0.05, 0.1) is 14.2 Å². The lowest BCUT2D eigenvalue weighted by Gasteiger charge is -2.45. The zero-order chi connectivity index (χ0) is 24.5. The molecule has 0 radical (unpaired) electrons. The Bertz CT molecular complexity index is 1110. The molecule has 0 aromatic heterocycles. The lowest BCUT2D eigenvalue weighted by molar-refractivity contribution is -0.160. The van der Waals surface area contributed by atoms with Crippen molar-refractivity contribution in [2.24, 2.45) is 5.92 Å². The summed E-state index contributed by atoms with van der Waals surface area (Å²) in [4.78, 5) is 31.1. The van der Waals surface area contributed by atoms with Gasteiger partial charge in [-0.05, 0) is 67.0 Å². The molecule has 1 aliphatic carbocycles. The molecule has 186 valence electrons. The minimum Gasteiger partial charge on any atom is -0.493 e. The zero-order valence-electron chi connectivity index (χ0n) is 20.5. The second-order valence-corrected chi connectivity index (χ2v) is 9.61. The molecule has 0 N–H and O–H groups in total. The van der Waals surface area contributed by atoms with Crippen LogP contribution in [0, 0.1) is 5.92 Å². The van der Waals surface area contributed by atoms with Crippen molar-refractivity contribution in [2.45, 2.75) is 51.2 Å². The molecule has 1 saturated heterocycles. The van der Waals surface area contributed by atoms with Crippen LogP contribution >= 0.6 is 0 Å². The third-order valence-corrected chi connectivity index (χ3v) is 7.39. The maximum Gasteiger partial charge on any atom is 0.250 e. The number of nitrogens with zero attached hydrogens (tertiary/aromatic N) is 2. The first-order chi connectivity index (χ1) is 17.0. The third-order valence-electron chi connectivity index (χ3n) is 7.39. The Kier molecular flexibility index (Phi) is 6.45. The monoisotopic (exact) mass is 480 g/mol. The normalized spacial score (nSPS) is 24.0. The molecule has 5 rings (SSSR count). The van der Waals surface area contributed by atoms with E-state index in [1.54, 1.807) is 31.3 Å². The Morgan fingerprint density at radius 3 is 2.40 bits per heavy atom. The first-order valence-corrected chi connectivity index (χ1v) is 12.2. The van der Waals surface area contributed by atoms with Crippen molar-refractivity contribution < 1.29 is 28.5 Å². The molecule has 2 amide bonds. The average Bonchev–Trinajstić information content (AvgIpc) is 3.34. The Morgan fingerprint density at radius 1 is 0.914 bits per heavy atom. The van der Waals surface area contributed by atoms with Gasteiger partial charge in [-0.25, -0.2) is 0 Å². The number of methoxy groups -OCH3 is 2. The fraction of sp³-hybridized carbons (Fsp3) is 0.481. The molecule has 8 heteroatoms. The Balaban J connectivity index is 1.49. The molecule has 1 saturated carbocycles. The van der Waals surface area contributed by atoms with Gasteiger partial charge in [0, 0.05) is 12.6 Å². The summed E-state index contributed by atoms with van der Waals surface area (Å²) in [6.45, 7) is 2.82. The van der Waals surface area contributed by atoms with Crippen LogP contribution in [-0.4, -0.2) is 55.2 Å². The van der Waals surface area contributed by atoms with E-state index in [1.165, 1.54) is 0 Å². The quantitative estimate of drug-likeness (QED) is 0.624. The molecular weight excluding hydrogens is 448 g/mol. The van der Waals surface area contributed by atoms with Crippen molar-refractivity contribution >= 4 is 11.8 Å². The van der Waals surface area contributed by atoms with Gasteiger partial charge < -0.3 is 28.7 Å². The summed E-state index contributed by atoms with van der Waals surface area (Å²) in [5.41, 5.74) is 1.58. The summed E-state index contributed by atoms with van der Waals surface area (Å²) in [5.74, 6) is 2.98. The maximum atomic E-state index is 14.0. The molecular formula is C27H32N2O6. The van der Waals surface area contributed by atoms with Gasteiger partial charge in [0.2, 0.25) is 12.7 Å². The molecule has 3 aliphatic rings. The SMILES string of the molecule is COc1ccc([C@H]2C(=O)N(C3CCC(C)CC3)CC(=O)N2Cc2ccc3c(c2)OCO3)cc1OC. The largest absolute Gasteiger partial charge is 0.493 e. The summed E-state index contributed by atoms with van der Waals surface area (Å²) < 4.78 is 21.8. The summed E-state index contributed by atoms with van der Waals surface area (Å²) in [6, 6.07) is 10.4. The number of hydrogen-bond donors (Lipinski definition) is 0. The fourth-order valence-corrected chi connectivity index (χ4v) is 5.37. The predicted molar refractivity (Wildman–Crippen MR) is 129 cm³/mol. The molecule has 0 bridgehead atoms. The van der Waals surface area contributed by atoms with Crippen molar-refractivity contribution in [3.63, 3.8) is 0 Å². The first kappa shape index (κ1) is 23.3. The van der Waals surface area contributed by atoms with Gasteiger partial charge in [0.1, 0.15) is 12.6 Å². The minimum atomic E-state index is -0.749. The van der Waals surface area contributed by atoms with Gasteiger partial charge in [-0.1, -0.05) is 19.1 Å². The van der Waals surface area contributed by atoms with E-state index in [0.717, 1.165) is 31.2 Å². The van der Waals surface area contributed by atoms with E-state index in [0.29, 0.717) is 34.5 Å². The van der Waals surface area contributed by atoms with Crippen LogP contribution in [0.1, 0.15) is 49.8 Å². The van der Waals surface area contributed by atoms with Gasteiger partial charge in [0.15, 0.2) is 23.0 Å². The second kappa shape index (κ2) is 9.68. The maximum absolute atomic E-state index is 14.0. The van der Waals surface area contributed by atoms with Crippen molar-refractivity contribution in [1.82, 2.24) is 9.80 Å². The number of carbonyl (C=O) groups excluding carboxylic acids is 2. The van der Waals surface area contributed by atoms with E-state index in [9.17, 15) is 9.59 Å². The van der Waals surface area contributed by atoms with E-state index >= 15 is 0 Å². The number of piperazine rings is 1. The number of ether oxygens (including phenoxy) is 4. The van der Waals surface area contributed by atoms with Gasteiger partial charge in [-0.2, -0.15) is 0 Å². The number of rotatable bonds is 6. The molecule has 1 atom stereocenters. The van der Waals surface area contributed by atoms with Crippen LogP contribution in [0.5, 0.6) is 23.0 Å². The number of carbonyl (C=O) groups is 2. The van der Waals surface area contributed by atoms with Crippen molar-refractivity contribution in [3.8, 4) is 23.0 Å². The smallest absolute Gasteiger partial charge is 0.250 e. The molecule has 2 aliphatic heterocycles. The van der Waals surface area contributed by atoms with Gasteiger partial charge in [-0.15, -0.1) is 0 Å². The van der Waals surface area contributed by atoms with Gasteiger partial charge >= 0.3 is 0 Å². The van der Waals surface area contributed by atoms with Crippen LogP contribution in [0.4, 0.5) is 0 Å². The minimum absolute atomic E-state index is 0.0443. The lowest BCUT2D eigenvalue weighted by Crippen LogP contribution is -2.58. The summed E-state index contributed by atoms with van der Waals surface area (Å²) >= 11 is 0. The topological polar surface area (TPSA) is 77.5 Å². The summed E-state index contributed by atoms with van der Waals surface area (Å²) in [6.07, 6.45) is 4.01. The molecule has 2 aromatic carbocycles. The number of amides is 2. The van der Waals surface area contributed by atoms with Crippen LogP contribution in [0.25, 0.3) is 0 Å². The number of hydrogen-bond acceptors (Lipinski definition) is 6. The van der Waals surface area contributed by atoms with E-state index in [2.05, 4.69) is 6.92 Å². The van der Waals surface area contributed by atoms with Crippen LogP contribution in [0.15, 0.2) is 36.4 Å². The first-order valence-electron chi connectivity index (χ1n) is 12.2. The molecule has 2 fully saturated rings. The van der Waals surface area contributed by atoms with Crippen LogP contribution < -0.4 is 18.9 Å². The highest BCUT2D eigenvalue weighted by Gasteiger charge is 2.43. The van der Waals surface area contributed by atoms with E-state index in [1.807, 2.05) is 29.2 Å². The van der Waals surface area contributed by atoms with Crippen LogP contribution in [0.3, 0.4) is 0 Å². The van der Waals surface area contributed by atoms with Crippen LogP contribution in [-0.2, 0) is 16.1 Å².